The SMILES string of the molecule is CCNC(=NCc1cnn(C)c1)N1CCC2(CCCC2)C1. The molecule has 21 heavy (non-hydrogen) atoms. The van der Waals surface area contributed by atoms with Crippen molar-refractivity contribution >= 4 is 5.96 Å². The Bertz CT molecular complexity index is 499. The molecule has 1 saturated heterocycles. The van der Waals surface area contributed by atoms with Gasteiger partial charge in [0, 0.05) is 38.4 Å². The monoisotopic (exact) mass is 289 g/mol. The first-order chi connectivity index (χ1) is 10.2. The van der Waals surface area contributed by atoms with E-state index in [1.54, 1.807) is 0 Å². The van der Waals surface area contributed by atoms with Crippen LogP contribution >= 0.6 is 0 Å². The highest BCUT2D eigenvalue weighted by Crippen LogP contribution is 2.45. The van der Waals surface area contributed by atoms with Crippen molar-refractivity contribution in [3.63, 3.8) is 0 Å². The van der Waals surface area contributed by atoms with Crippen molar-refractivity contribution in [2.24, 2.45) is 17.5 Å². The van der Waals surface area contributed by atoms with Gasteiger partial charge < -0.3 is 10.2 Å². The summed E-state index contributed by atoms with van der Waals surface area (Å²) in [6.45, 7) is 6.11. The number of nitrogens with one attached hydrogen (secondary N) is 1. The number of aromatic nitrogens is 2. The first-order valence-corrected chi connectivity index (χ1v) is 8.22. The molecule has 1 spiro atoms. The smallest absolute Gasteiger partial charge is 0.194 e. The molecule has 0 radical (unpaired) electrons. The van der Waals surface area contributed by atoms with Gasteiger partial charge in [-0.05, 0) is 31.6 Å². The molecule has 5 nitrogen and oxygen atoms in total. The van der Waals surface area contributed by atoms with Gasteiger partial charge in [-0.3, -0.25) is 4.68 Å². The molecule has 2 aliphatic rings. The Kier molecular flexibility index (Phi) is 4.17. The summed E-state index contributed by atoms with van der Waals surface area (Å²) in [7, 11) is 1.95. The van der Waals surface area contributed by atoms with Crippen LogP contribution in [-0.4, -0.2) is 40.3 Å². The van der Waals surface area contributed by atoms with Gasteiger partial charge >= 0.3 is 0 Å². The number of likely N-dealkylation sites (tertiary alicyclic amines) is 1. The number of guanidine groups is 1. The topological polar surface area (TPSA) is 45.5 Å². The number of rotatable bonds is 3. The number of hydrogen-bond acceptors (Lipinski definition) is 2. The van der Waals surface area contributed by atoms with Crippen LogP contribution in [0, 0.1) is 5.41 Å². The van der Waals surface area contributed by atoms with Crippen LogP contribution in [0.4, 0.5) is 0 Å². The minimum Gasteiger partial charge on any atom is -0.357 e. The van der Waals surface area contributed by atoms with Crippen LogP contribution in [0.5, 0.6) is 0 Å². The lowest BCUT2D eigenvalue weighted by molar-refractivity contribution is 0.309. The van der Waals surface area contributed by atoms with Crippen LogP contribution in [-0.2, 0) is 13.6 Å². The summed E-state index contributed by atoms with van der Waals surface area (Å²) in [5.41, 5.74) is 1.76. The molecule has 1 aromatic heterocycles. The highest BCUT2D eigenvalue weighted by molar-refractivity contribution is 5.80. The van der Waals surface area contributed by atoms with Crippen molar-refractivity contribution in [1.82, 2.24) is 20.0 Å². The molecule has 2 fully saturated rings. The Hall–Kier alpha value is -1.52. The summed E-state index contributed by atoms with van der Waals surface area (Å²) in [6, 6.07) is 0. The van der Waals surface area contributed by atoms with Gasteiger partial charge in [-0.15, -0.1) is 0 Å². The third kappa shape index (κ3) is 3.22. The molecule has 3 rings (SSSR count). The number of aryl methyl sites for hydroxylation is 1. The fourth-order valence-corrected chi connectivity index (χ4v) is 3.79. The largest absolute Gasteiger partial charge is 0.357 e. The molecule has 116 valence electrons. The maximum Gasteiger partial charge on any atom is 0.194 e. The van der Waals surface area contributed by atoms with E-state index in [1.165, 1.54) is 44.2 Å². The zero-order valence-corrected chi connectivity index (χ0v) is 13.3. The van der Waals surface area contributed by atoms with E-state index in [9.17, 15) is 0 Å². The van der Waals surface area contributed by atoms with Crippen molar-refractivity contribution in [2.75, 3.05) is 19.6 Å². The van der Waals surface area contributed by atoms with Crippen LogP contribution in [0.1, 0.15) is 44.6 Å². The lowest BCUT2D eigenvalue weighted by Gasteiger charge is -2.25. The van der Waals surface area contributed by atoms with Crippen LogP contribution in [0.3, 0.4) is 0 Å². The summed E-state index contributed by atoms with van der Waals surface area (Å²) in [6.07, 6.45) is 10.9. The van der Waals surface area contributed by atoms with Gasteiger partial charge in [0.1, 0.15) is 0 Å². The summed E-state index contributed by atoms with van der Waals surface area (Å²) in [5, 5.41) is 7.67. The van der Waals surface area contributed by atoms with E-state index in [0.29, 0.717) is 12.0 Å². The molecule has 5 heteroatoms. The third-order valence-corrected chi connectivity index (χ3v) is 4.91. The number of nitrogens with zero attached hydrogens (tertiary/aromatic N) is 4. The summed E-state index contributed by atoms with van der Waals surface area (Å²) < 4.78 is 1.83. The number of aliphatic imine (C=N–C) groups is 1. The maximum atomic E-state index is 4.81. The predicted octanol–water partition coefficient (Wildman–Crippen LogP) is 2.15. The third-order valence-electron chi connectivity index (χ3n) is 4.91. The standard InChI is InChI=1S/C16H27N5/c1-3-17-15(18-10-14-11-19-20(2)12-14)21-9-8-16(13-21)6-4-5-7-16/h11-12H,3-10,13H2,1-2H3,(H,17,18). The molecular formula is C16H27N5. The summed E-state index contributed by atoms with van der Waals surface area (Å²) in [5.74, 6) is 1.07. The lowest BCUT2D eigenvalue weighted by Crippen LogP contribution is -2.41. The molecule has 1 aromatic rings. The van der Waals surface area contributed by atoms with Gasteiger partial charge in [-0.1, -0.05) is 12.8 Å². The van der Waals surface area contributed by atoms with Crippen molar-refractivity contribution in [3.05, 3.63) is 18.0 Å². The van der Waals surface area contributed by atoms with E-state index in [4.69, 9.17) is 4.99 Å². The molecule has 0 bridgehead atoms. The average molecular weight is 289 g/mol. The molecule has 2 heterocycles. The van der Waals surface area contributed by atoms with E-state index < -0.39 is 0 Å². The van der Waals surface area contributed by atoms with Crippen molar-refractivity contribution in [3.8, 4) is 0 Å². The van der Waals surface area contributed by atoms with Crippen molar-refractivity contribution < 1.29 is 0 Å². The minimum atomic E-state index is 0.588. The maximum absolute atomic E-state index is 4.81. The Balaban J connectivity index is 1.66. The molecule has 1 aliphatic carbocycles. The van der Waals surface area contributed by atoms with E-state index in [-0.39, 0.29) is 0 Å². The Labute approximate surface area is 127 Å². The zero-order valence-electron chi connectivity index (χ0n) is 13.3. The molecular weight excluding hydrogens is 262 g/mol. The van der Waals surface area contributed by atoms with Gasteiger partial charge in [0.25, 0.3) is 0 Å². The fourth-order valence-electron chi connectivity index (χ4n) is 3.79. The van der Waals surface area contributed by atoms with Crippen molar-refractivity contribution in [2.45, 2.75) is 45.6 Å². The lowest BCUT2D eigenvalue weighted by atomic mass is 9.86. The van der Waals surface area contributed by atoms with Gasteiger partial charge in [-0.25, -0.2) is 4.99 Å². The molecule has 0 atom stereocenters. The highest BCUT2D eigenvalue weighted by Gasteiger charge is 2.41. The predicted molar refractivity (Wildman–Crippen MR) is 85.1 cm³/mol. The zero-order chi connectivity index (χ0) is 14.7. The Morgan fingerprint density at radius 2 is 2.19 bits per heavy atom. The minimum absolute atomic E-state index is 0.588. The molecule has 1 saturated carbocycles. The first-order valence-electron chi connectivity index (χ1n) is 8.22. The van der Waals surface area contributed by atoms with Crippen LogP contribution < -0.4 is 5.32 Å². The molecule has 0 amide bonds. The molecule has 1 aliphatic heterocycles. The average Bonchev–Trinajstić information content (AvgIpc) is 3.19. The molecule has 1 N–H and O–H groups in total. The van der Waals surface area contributed by atoms with E-state index in [0.717, 1.165) is 19.0 Å². The molecule has 0 unspecified atom stereocenters. The second-order valence-electron chi connectivity index (χ2n) is 6.57. The van der Waals surface area contributed by atoms with Crippen LogP contribution in [0.15, 0.2) is 17.4 Å². The van der Waals surface area contributed by atoms with Gasteiger partial charge in [0.05, 0.1) is 12.7 Å². The van der Waals surface area contributed by atoms with Gasteiger partial charge in [-0.2, -0.15) is 5.10 Å². The quantitative estimate of drug-likeness (QED) is 0.685. The van der Waals surface area contributed by atoms with Gasteiger partial charge in [0.2, 0.25) is 0 Å². The van der Waals surface area contributed by atoms with E-state index in [1.807, 2.05) is 24.1 Å². The fraction of sp³-hybridized carbons (Fsp3) is 0.750. The second-order valence-corrected chi connectivity index (χ2v) is 6.57. The van der Waals surface area contributed by atoms with Crippen LogP contribution in [0.2, 0.25) is 0 Å². The van der Waals surface area contributed by atoms with Crippen molar-refractivity contribution in [1.29, 1.82) is 0 Å². The summed E-state index contributed by atoms with van der Waals surface area (Å²) in [4.78, 5) is 7.28. The second kappa shape index (κ2) is 6.08. The molecule has 0 aromatic carbocycles. The first kappa shape index (κ1) is 14.4. The van der Waals surface area contributed by atoms with E-state index in [2.05, 4.69) is 22.2 Å². The highest BCUT2D eigenvalue weighted by atomic mass is 15.3. The summed E-state index contributed by atoms with van der Waals surface area (Å²) >= 11 is 0. The van der Waals surface area contributed by atoms with E-state index >= 15 is 0 Å². The normalized spacial score (nSPS) is 21.4. The number of hydrogen-bond donors (Lipinski definition) is 1. The Morgan fingerprint density at radius 1 is 1.38 bits per heavy atom. The van der Waals surface area contributed by atoms with Crippen LogP contribution in [0.25, 0.3) is 0 Å². The Morgan fingerprint density at radius 3 is 2.86 bits per heavy atom. The van der Waals surface area contributed by atoms with Gasteiger partial charge in [0.15, 0.2) is 5.96 Å².